The molecule has 1 aromatic heterocycles. The highest BCUT2D eigenvalue weighted by Crippen LogP contribution is 2.41. The summed E-state index contributed by atoms with van der Waals surface area (Å²) in [6.07, 6.45) is 5.74. The summed E-state index contributed by atoms with van der Waals surface area (Å²) in [4.78, 5) is 12.7. The lowest BCUT2D eigenvalue weighted by Gasteiger charge is -2.29. The van der Waals surface area contributed by atoms with Gasteiger partial charge in [0.1, 0.15) is 0 Å². The third kappa shape index (κ3) is 3.50. The molecule has 1 aliphatic carbocycles. The molecule has 23 heavy (non-hydrogen) atoms. The first-order chi connectivity index (χ1) is 11.2. The summed E-state index contributed by atoms with van der Waals surface area (Å²) < 4.78 is 0. The number of carbonyl (C=O) groups excluding carboxylic acids is 1. The van der Waals surface area contributed by atoms with Crippen LogP contribution in [-0.4, -0.2) is 12.5 Å². The van der Waals surface area contributed by atoms with Gasteiger partial charge in [0.2, 0.25) is 5.91 Å². The van der Waals surface area contributed by atoms with Crippen molar-refractivity contribution >= 4 is 17.2 Å². The van der Waals surface area contributed by atoms with Crippen LogP contribution in [0.5, 0.6) is 0 Å². The maximum absolute atomic E-state index is 12.7. The summed E-state index contributed by atoms with van der Waals surface area (Å²) in [5.74, 6) is 0.123. The summed E-state index contributed by atoms with van der Waals surface area (Å²) in [6, 6.07) is 12.4. The van der Waals surface area contributed by atoms with E-state index in [1.165, 1.54) is 31.2 Å². The first kappa shape index (κ1) is 16.3. The number of hydrogen-bond acceptors (Lipinski definition) is 2. The zero-order valence-electron chi connectivity index (χ0n) is 13.8. The molecule has 2 nitrogen and oxygen atoms in total. The Morgan fingerprint density at radius 3 is 2.57 bits per heavy atom. The zero-order valence-corrected chi connectivity index (χ0v) is 14.6. The molecule has 122 valence electrons. The van der Waals surface area contributed by atoms with Crippen molar-refractivity contribution in [2.45, 2.75) is 50.4 Å². The first-order valence-corrected chi connectivity index (χ1v) is 9.55. The summed E-state index contributed by atoms with van der Waals surface area (Å²) in [7, 11) is 0. The van der Waals surface area contributed by atoms with Crippen molar-refractivity contribution in [2.24, 2.45) is 0 Å². The van der Waals surface area contributed by atoms with Crippen LogP contribution in [0.1, 0.15) is 56.1 Å². The quantitative estimate of drug-likeness (QED) is 0.806. The van der Waals surface area contributed by atoms with Gasteiger partial charge in [-0.25, -0.2) is 0 Å². The van der Waals surface area contributed by atoms with Gasteiger partial charge in [-0.15, -0.1) is 0 Å². The second-order valence-corrected chi connectivity index (χ2v) is 7.37. The van der Waals surface area contributed by atoms with Crippen molar-refractivity contribution in [1.29, 1.82) is 0 Å². The molecular weight excluding hydrogens is 302 g/mol. The predicted molar refractivity (Wildman–Crippen MR) is 96.9 cm³/mol. The molecule has 0 saturated heterocycles. The smallest absolute Gasteiger partial charge is 0.227 e. The Kier molecular flexibility index (Phi) is 5.16. The number of amides is 1. The maximum atomic E-state index is 12.7. The van der Waals surface area contributed by atoms with Crippen LogP contribution in [0, 0.1) is 0 Å². The third-order valence-electron chi connectivity index (χ3n) is 5.22. The summed E-state index contributed by atoms with van der Waals surface area (Å²) >= 11 is 1.75. The van der Waals surface area contributed by atoms with Crippen LogP contribution in [0.2, 0.25) is 0 Å². The van der Waals surface area contributed by atoms with E-state index in [0.717, 1.165) is 18.5 Å². The van der Waals surface area contributed by atoms with Crippen molar-refractivity contribution < 1.29 is 4.79 Å². The minimum atomic E-state index is -0.0443. The van der Waals surface area contributed by atoms with E-state index in [1.54, 1.807) is 11.3 Å². The van der Waals surface area contributed by atoms with Gasteiger partial charge < -0.3 is 5.32 Å². The van der Waals surface area contributed by atoms with Gasteiger partial charge in [0.15, 0.2) is 0 Å². The maximum Gasteiger partial charge on any atom is 0.227 e. The van der Waals surface area contributed by atoms with Gasteiger partial charge in [-0.3, -0.25) is 4.79 Å². The molecular formula is C20H25NOS. The lowest BCUT2D eigenvalue weighted by molar-refractivity contribution is -0.122. The van der Waals surface area contributed by atoms with Crippen LogP contribution >= 0.6 is 11.3 Å². The number of benzene rings is 1. The largest absolute Gasteiger partial charge is 0.355 e. The molecule has 1 saturated carbocycles. The van der Waals surface area contributed by atoms with E-state index in [2.05, 4.69) is 41.2 Å². The fourth-order valence-electron chi connectivity index (χ4n) is 3.82. The van der Waals surface area contributed by atoms with Crippen LogP contribution in [0.4, 0.5) is 0 Å². The molecule has 3 rings (SSSR count). The highest BCUT2D eigenvalue weighted by atomic mass is 32.1. The normalized spacial score (nSPS) is 17.8. The van der Waals surface area contributed by atoms with Gasteiger partial charge in [0, 0.05) is 12.0 Å². The van der Waals surface area contributed by atoms with Gasteiger partial charge >= 0.3 is 0 Å². The van der Waals surface area contributed by atoms with Crippen LogP contribution in [0.15, 0.2) is 47.2 Å². The lowest BCUT2D eigenvalue weighted by Crippen LogP contribution is -2.40. The second kappa shape index (κ2) is 7.31. The van der Waals surface area contributed by atoms with Crippen molar-refractivity contribution in [1.82, 2.24) is 5.32 Å². The van der Waals surface area contributed by atoms with E-state index in [4.69, 9.17) is 0 Å². The minimum Gasteiger partial charge on any atom is -0.355 e. The molecule has 1 aromatic carbocycles. The lowest BCUT2D eigenvalue weighted by atomic mass is 9.80. The Hall–Kier alpha value is -1.61. The number of hydrogen-bond donors (Lipinski definition) is 1. The molecule has 0 spiro atoms. The summed E-state index contributed by atoms with van der Waals surface area (Å²) in [5.41, 5.74) is 2.68. The number of carbonyl (C=O) groups is 1. The Morgan fingerprint density at radius 2 is 1.96 bits per heavy atom. The van der Waals surface area contributed by atoms with E-state index in [0.29, 0.717) is 0 Å². The zero-order chi connectivity index (χ0) is 16.1. The molecule has 1 fully saturated rings. The van der Waals surface area contributed by atoms with E-state index in [1.807, 2.05) is 18.2 Å². The number of nitrogens with one attached hydrogen (secondary N) is 1. The van der Waals surface area contributed by atoms with E-state index >= 15 is 0 Å². The van der Waals surface area contributed by atoms with Crippen molar-refractivity contribution in [3.05, 3.63) is 58.3 Å². The van der Waals surface area contributed by atoms with Gasteiger partial charge in [-0.05, 0) is 47.2 Å². The van der Waals surface area contributed by atoms with Crippen molar-refractivity contribution in [2.75, 3.05) is 6.54 Å². The number of rotatable bonds is 6. The second-order valence-electron chi connectivity index (χ2n) is 6.59. The molecule has 1 amide bonds. The van der Waals surface area contributed by atoms with Gasteiger partial charge in [-0.1, -0.05) is 50.1 Å². The molecule has 1 aliphatic rings. The standard InChI is InChI=1S/C20H25NOS/c1-2-18(16-8-4-3-5-9-16)19(22)21-15-20(11-6-7-12-20)17-10-13-23-14-17/h3-5,8-10,13-14,18H,2,6-7,11-12,15H2,1H3,(H,21,22). The fraction of sp³-hybridized carbons (Fsp3) is 0.450. The summed E-state index contributed by atoms with van der Waals surface area (Å²) in [5, 5.41) is 7.67. The molecule has 1 atom stereocenters. The van der Waals surface area contributed by atoms with Crippen LogP contribution in [0.3, 0.4) is 0 Å². The molecule has 0 aliphatic heterocycles. The third-order valence-corrected chi connectivity index (χ3v) is 5.91. The minimum absolute atomic E-state index is 0.0443. The molecule has 1 heterocycles. The van der Waals surface area contributed by atoms with Gasteiger partial charge in [-0.2, -0.15) is 11.3 Å². The molecule has 1 N–H and O–H groups in total. The average molecular weight is 327 g/mol. The average Bonchev–Trinajstić information content (AvgIpc) is 3.27. The SMILES string of the molecule is CCC(C(=O)NCC1(c2ccsc2)CCCC1)c1ccccc1. The van der Waals surface area contributed by atoms with Crippen LogP contribution < -0.4 is 5.32 Å². The first-order valence-electron chi connectivity index (χ1n) is 8.60. The molecule has 2 aromatic rings. The van der Waals surface area contributed by atoms with Gasteiger partial charge in [0.25, 0.3) is 0 Å². The highest BCUT2D eigenvalue weighted by Gasteiger charge is 2.36. The summed E-state index contributed by atoms with van der Waals surface area (Å²) in [6.45, 7) is 2.85. The van der Waals surface area contributed by atoms with E-state index < -0.39 is 0 Å². The fourth-order valence-corrected chi connectivity index (χ4v) is 4.60. The molecule has 0 radical (unpaired) electrons. The molecule has 0 bridgehead atoms. The Balaban J connectivity index is 1.70. The Labute approximate surface area is 142 Å². The molecule has 1 unspecified atom stereocenters. The van der Waals surface area contributed by atoms with E-state index in [9.17, 15) is 4.79 Å². The topological polar surface area (TPSA) is 29.1 Å². The molecule has 3 heteroatoms. The van der Waals surface area contributed by atoms with E-state index in [-0.39, 0.29) is 17.2 Å². The predicted octanol–water partition coefficient (Wildman–Crippen LogP) is 4.87. The van der Waals surface area contributed by atoms with Gasteiger partial charge in [0.05, 0.1) is 5.92 Å². The van der Waals surface area contributed by atoms with Crippen molar-refractivity contribution in [3.63, 3.8) is 0 Å². The number of thiophene rings is 1. The van der Waals surface area contributed by atoms with Crippen LogP contribution in [0.25, 0.3) is 0 Å². The Morgan fingerprint density at radius 1 is 1.22 bits per heavy atom. The monoisotopic (exact) mass is 327 g/mol. The Bertz CT molecular complexity index is 614. The van der Waals surface area contributed by atoms with Crippen LogP contribution in [-0.2, 0) is 10.2 Å². The van der Waals surface area contributed by atoms with Crippen molar-refractivity contribution in [3.8, 4) is 0 Å². The highest BCUT2D eigenvalue weighted by molar-refractivity contribution is 7.08.